The fourth-order valence-corrected chi connectivity index (χ4v) is 3.48. The van der Waals surface area contributed by atoms with Crippen LogP contribution in [0.25, 0.3) is 10.8 Å². The summed E-state index contributed by atoms with van der Waals surface area (Å²) < 4.78 is 7.04. The molecule has 1 atom stereocenters. The second kappa shape index (κ2) is 8.26. The van der Waals surface area contributed by atoms with Gasteiger partial charge in [0.05, 0.1) is 5.41 Å². The van der Waals surface area contributed by atoms with Crippen LogP contribution in [0.2, 0.25) is 0 Å². The third-order valence-electron chi connectivity index (χ3n) is 4.64. The number of rotatable bonds is 5. The van der Waals surface area contributed by atoms with E-state index in [0.717, 1.165) is 28.3 Å². The zero-order chi connectivity index (χ0) is 19.4. The number of hydrogen-bond acceptors (Lipinski definition) is 2. The molecule has 27 heavy (non-hydrogen) atoms. The monoisotopic (exact) mass is 424 g/mol. The minimum atomic E-state index is -0.525. The summed E-state index contributed by atoms with van der Waals surface area (Å²) in [5.41, 5.74) is 1.73. The number of esters is 1. The van der Waals surface area contributed by atoms with Crippen molar-refractivity contribution in [1.82, 2.24) is 0 Å². The smallest absolute Gasteiger partial charge is 0.311 e. The average Bonchev–Trinajstić information content (AvgIpc) is 2.65. The van der Waals surface area contributed by atoms with Crippen LogP contribution in [0.5, 0.6) is 0 Å². The predicted molar refractivity (Wildman–Crippen MR) is 115 cm³/mol. The van der Waals surface area contributed by atoms with Gasteiger partial charge in [-0.2, -0.15) is 0 Å². The van der Waals surface area contributed by atoms with Gasteiger partial charge in [-0.1, -0.05) is 70.5 Å². The molecule has 0 aliphatic heterocycles. The van der Waals surface area contributed by atoms with E-state index >= 15 is 0 Å². The maximum atomic E-state index is 12.6. The fourth-order valence-electron chi connectivity index (χ4n) is 3.00. The van der Waals surface area contributed by atoms with Crippen molar-refractivity contribution >= 4 is 32.7 Å². The first-order valence-electron chi connectivity index (χ1n) is 9.28. The number of aryl methyl sites for hydroxylation is 1. The molecule has 0 saturated carbocycles. The van der Waals surface area contributed by atoms with Gasteiger partial charge in [-0.3, -0.25) is 4.79 Å². The van der Waals surface area contributed by atoms with Gasteiger partial charge in [-0.15, -0.1) is 0 Å². The molecule has 3 rings (SSSR count). The minimum absolute atomic E-state index is 0.173. The lowest BCUT2D eigenvalue weighted by atomic mass is 9.95. The van der Waals surface area contributed by atoms with Crippen molar-refractivity contribution in [2.45, 2.75) is 39.7 Å². The highest BCUT2D eigenvalue weighted by atomic mass is 79.9. The Morgan fingerprint density at radius 3 is 2.33 bits per heavy atom. The van der Waals surface area contributed by atoms with Crippen LogP contribution in [0.1, 0.15) is 44.4 Å². The molecule has 0 fully saturated rings. The molecule has 0 aromatic heterocycles. The summed E-state index contributed by atoms with van der Waals surface area (Å²) in [5.74, 6) is -0.173. The van der Waals surface area contributed by atoms with Crippen molar-refractivity contribution < 1.29 is 9.53 Å². The maximum absolute atomic E-state index is 12.6. The topological polar surface area (TPSA) is 26.3 Å². The number of benzene rings is 3. The second-order valence-corrected chi connectivity index (χ2v) is 8.73. The van der Waals surface area contributed by atoms with Crippen LogP contribution in [-0.2, 0) is 16.0 Å². The molecule has 0 radical (unpaired) electrons. The highest BCUT2D eigenvalue weighted by Gasteiger charge is 2.27. The van der Waals surface area contributed by atoms with E-state index in [1.54, 1.807) is 0 Å². The van der Waals surface area contributed by atoms with Crippen molar-refractivity contribution in [3.63, 3.8) is 0 Å². The van der Waals surface area contributed by atoms with E-state index in [1.165, 1.54) is 10.9 Å². The molecule has 0 heterocycles. The molecule has 2 nitrogen and oxygen atoms in total. The van der Waals surface area contributed by atoms with Crippen LogP contribution < -0.4 is 0 Å². The van der Waals surface area contributed by atoms with Crippen molar-refractivity contribution in [2.24, 2.45) is 5.41 Å². The highest BCUT2D eigenvalue weighted by molar-refractivity contribution is 9.10. The van der Waals surface area contributed by atoms with Crippen LogP contribution in [-0.4, -0.2) is 5.97 Å². The molecular weight excluding hydrogens is 400 g/mol. The van der Waals surface area contributed by atoms with Crippen molar-refractivity contribution in [1.29, 1.82) is 0 Å². The first kappa shape index (κ1) is 19.6. The van der Waals surface area contributed by atoms with Gasteiger partial charge in [0.1, 0.15) is 6.10 Å². The van der Waals surface area contributed by atoms with Crippen LogP contribution in [0.3, 0.4) is 0 Å². The largest absolute Gasteiger partial charge is 0.457 e. The Bertz CT molecular complexity index is 940. The van der Waals surface area contributed by atoms with Gasteiger partial charge in [0, 0.05) is 4.47 Å². The predicted octanol–water partition coefficient (Wildman–Crippen LogP) is 6.87. The quantitative estimate of drug-likeness (QED) is 0.417. The molecular formula is C24H25BrO2. The lowest BCUT2D eigenvalue weighted by molar-refractivity contribution is -0.159. The Morgan fingerprint density at radius 2 is 1.63 bits per heavy atom. The van der Waals surface area contributed by atoms with E-state index in [2.05, 4.69) is 52.3 Å². The number of fused-ring (bicyclic) bond motifs is 1. The zero-order valence-corrected chi connectivity index (χ0v) is 17.6. The lowest BCUT2D eigenvalue weighted by Gasteiger charge is -2.24. The summed E-state index contributed by atoms with van der Waals surface area (Å²) in [4.78, 5) is 12.6. The molecule has 3 heteroatoms. The van der Waals surface area contributed by atoms with Crippen LogP contribution in [0.4, 0.5) is 0 Å². The van der Waals surface area contributed by atoms with E-state index in [0.29, 0.717) is 0 Å². The Morgan fingerprint density at radius 1 is 0.963 bits per heavy atom. The minimum Gasteiger partial charge on any atom is -0.457 e. The van der Waals surface area contributed by atoms with Gasteiger partial charge in [-0.25, -0.2) is 0 Å². The summed E-state index contributed by atoms with van der Waals surface area (Å²) >= 11 is 3.61. The molecule has 0 bridgehead atoms. The number of ether oxygens (including phenoxy) is 1. The van der Waals surface area contributed by atoms with Crippen molar-refractivity contribution in [2.75, 3.05) is 0 Å². The molecule has 140 valence electrons. The molecule has 0 N–H and O–H groups in total. The van der Waals surface area contributed by atoms with E-state index in [-0.39, 0.29) is 12.1 Å². The molecule has 0 amide bonds. The van der Waals surface area contributed by atoms with Crippen LogP contribution in [0, 0.1) is 5.41 Å². The summed E-state index contributed by atoms with van der Waals surface area (Å²) in [6, 6.07) is 22.7. The SMILES string of the molecule is CC(C)(C)C(=O)OC(CCc1ccccc1Br)c1ccc2ccccc2c1. The standard InChI is InChI=1S/C24H25BrO2/c1-24(2,3)23(26)27-22(15-14-18-9-6-7-11-21(18)25)20-13-12-17-8-4-5-10-19(17)16-20/h4-13,16,22H,14-15H2,1-3H3. The number of halogens is 1. The summed E-state index contributed by atoms with van der Waals surface area (Å²) in [7, 11) is 0. The number of hydrogen-bond donors (Lipinski definition) is 0. The summed E-state index contributed by atoms with van der Waals surface area (Å²) in [6.45, 7) is 5.67. The van der Waals surface area contributed by atoms with E-state index < -0.39 is 5.41 Å². The summed E-state index contributed by atoms with van der Waals surface area (Å²) in [5, 5.41) is 2.35. The van der Waals surface area contributed by atoms with Gasteiger partial charge in [0.15, 0.2) is 0 Å². The van der Waals surface area contributed by atoms with E-state index in [9.17, 15) is 4.79 Å². The third kappa shape index (κ3) is 4.98. The van der Waals surface area contributed by atoms with Crippen LogP contribution in [0.15, 0.2) is 71.2 Å². The first-order valence-corrected chi connectivity index (χ1v) is 10.1. The van der Waals surface area contributed by atoms with Gasteiger partial charge in [0.25, 0.3) is 0 Å². The molecule has 1 unspecified atom stereocenters. The summed E-state index contributed by atoms with van der Waals surface area (Å²) in [6.07, 6.45) is 1.30. The average molecular weight is 425 g/mol. The Kier molecular flexibility index (Phi) is 6.01. The second-order valence-electron chi connectivity index (χ2n) is 7.88. The van der Waals surface area contributed by atoms with Crippen molar-refractivity contribution in [3.05, 3.63) is 82.3 Å². The van der Waals surface area contributed by atoms with E-state index in [4.69, 9.17) is 4.74 Å². The Balaban J connectivity index is 1.88. The number of carbonyl (C=O) groups excluding carboxylic acids is 1. The molecule has 3 aromatic rings. The van der Waals surface area contributed by atoms with Gasteiger partial charge in [-0.05, 0) is 67.6 Å². The maximum Gasteiger partial charge on any atom is 0.311 e. The van der Waals surface area contributed by atoms with Crippen LogP contribution >= 0.6 is 15.9 Å². The third-order valence-corrected chi connectivity index (χ3v) is 5.41. The first-order chi connectivity index (χ1) is 12.8. The van der Waals surface area contributed by atoms with Gasteiger partial charge >= 0.3 is 5.97 Å². The Hall–Kier alpha value is -2.13. The highest BCUT2D eigenvalue weighted by Crippen LogP contribution is 2.30. The van der Waals surface area contributed by atoms with Crippen molar-refractivity contribution in [3.8, 4) is 0 Å². The molecule has 0 spiro atoms. The molecule has 0 aliphatic carbocycles. The van der Waals surface area contributed by atoms with Gasteiger partial charge < -0.3 is 4.74 Å². The Labute approximate surface area is 169 Å². The lowest BCUT2D eigenvalue weighted by Crippen LogP contribution is -2.25. The van der Waals surface area contributed by atoms with Gasteiger partial charge in [0.2, 0.25) is 0 Å². The number of carbonyl (C=O) groups is 1. The molecule has 3 aromatic carbocycles. The molecule has 0 aliphatic rings. The van der Waals surface area contributed by atoms with E-state index in [1.807, 2.05) is 51.1 Å². The zero-order valence-electron chi connectivity index (χ0n) is 16.0. The molecule has 0 saturated heterocycles. The normalized spacial score (nSPS) is 12.7. The fraction of sp³-hybridized carbons (Fsp3) is 0.292.